The number of rotatable bonds is 8. The lowest BCUT2D eigenvalue weighted by Gasteiger charge is -2.17. The standard InChI is InChI=1S/C27H26ClN3O3/c1-19(12-13-20-8-4-2-5-9-20)29-25(32)18-31-24-16-22(28)14-15-23(24)30(26(33)27(31)34)17-21-10-6-3-7-11-21/h2-11,14-16,19H,12-13,17-18H2,1H3,(H,29,32). The van der Waals surface area contributed by atoms with E-state index >= 15 is 0 Å². The first kappa shape index (κ1) is 23.5. The van der Waals surface area contributed by atoms with Crippen LogP contribution in [0.5, 0.6) is 0 Å². The Morgan fingerprint density at radius 2 is 1.47 bits per heavy atom. The summed E-state index contributed by atoms with van der Waals surface area (Å²) in [4.78, 5) is 38.9. The lowest BCUT2D eigenvalue weighted by Crippen LogP contribution is -2.45. The maximum Gasteiger partial charge on any atom is 0.317 e. The fraction of sp³-hybridized carbons (Fsp3) is 0.222. The number of carbonyl (C=O) groups excluding carboxylic acids is 1. The molecule has 0 aliphatic heterocycles. The summed E-state index contributed by atoms with van der Waals surface area (Å²) in [5.74, 6) is -0.329. The molecule has 1 amide bonds. The van der Waals surface area contributed by atoms with E-state index in [1.165, 1.54) is 14.7 Å². The van der Waals surface area contributed by atoms with Crippen LogP contribution in [0, 0.1) is 0 Å². The summed E-state index contributed by atoms with van der Waals surface area (Å²) >= 11 is 6.21. The van der Waals surface area contributed by atoms with Crippen molar-refractivity contribution < 1.29 is 4.79 Å². The zero-order valence-electron chi connectivity index (χ0n) is 18.9. The van der Waals surface area contributed by atoms with Crippen molar-refractivity contribution in [2.24, 2.45) is 0 Å². The molecule has 3 aromatic carbocycles. The van der Waals surface area contributed by atoms with Crippen molar-refractivity contribution in [2.45, 2.75) is 38.9 Å². The van der Waals surface area contributed by atoms with Crippen molar-refractivity contribution in [1.29, 1.82) is 0 Å². The molecule has 0 radical (unpaired) electrons. The van der Waals surface area contributed by atoms with Gasteiger partial charge in [-0.25, -0.2) is 0 Å². The van der Waals surface area contributed by atoms with Crippen LogP contribution in [0.3, 0.4) is 0 Å². The Bertz CT molecular complexity index is 1410. The smallest absolute Gasteiger partial charge is 0.317 e. The lowest BCUT2D eigenvalue weighted by atomic mass is 10.1. The molecule has 1 N–H and O–H groups in total. The van der Waals surface area contributed by atoms with Crippen LogP contribution >= 0.6 is 11.6 Å². The van der Waals surface area contributed by atoms with Crippen LogP contribution in [0.2, 0.25) is 5.02 Å². The minimum absolute atomic E-state index is 0.0864. The Balaban J connectivity index is 1.58. The van der Waals surface area contributed by atoms with Gasteiger partial charge in [-0.1, -0.05) is 72.3 Å². The molecule has 0 bridgehead atoms. The Labute approximate surface area is 202 Å². The molecule has 0 fully saturated rings. The van der Waals surface area contributed by atoms with Crippen molar-refractivity contribution in [3.05, 3.63) is 116 Å². The van der Waals surface area contributed by atoms with E-state index in [1.807, 2.05) is 55.5 Å². The molecule has 174 valence electrons. The second-order valence-corrected chi connectivity index (χ2v) is 8.83. The van der Waals surface area contributed by atoms with Gasteiger partial charge in [-0.15, -0.1) is 0 Å². The molecule has 1 aromatic heterocycles. The molecule has 6 nitrogen and oxygen atoms in total. The van der Waals surface area contributed by atoms with Gasteiger partial charge >= 0.3 is 11.1 Å². The van der Waals surface area contributed by atoms with Crippen LogP contribution < -0.4 is 16.4 Å². The van der Waals surface area contributed by atoms with Crippen molar-refractivity contribution >= 4 is 28.5 Å². The summed E-state index contributed by atoms with van der Waals surface area (Å²) in [6, 6.07) is 24.4. The first-order valence-electron chi connectivity index (χ1n) is 11.2. The number of benzene rings is 3. The molecule has 0 saturated carbocycles. The molecular formula is C27H26ClN3O3. The topological polar surface area (TPSA) is 73.1 Å². The average molecular weight is 476 g/mol. The SMILES string of the molecule is CC(CCc1ccccc1)NC(=O)Cn1c(=O)c(=O)n(Cc2ccccc2)c2ccc(Cl)cc21. The van der Waals surface area contributed by atoms with Crippen molar-refractivity contribution in [3.63, 3.8) is 0 Å². The molecule has 4 aromatic rings. The highest BCUT2D eigenvalue weighted by Crippen LogP contribution is 2.18. The second kappa shape index (κ2) is 10.5. The quantitative estimate of drug-likeness (QED) is 0.391. The number of carbonyl (C=O) groups is 1. The van der Waals surface area contributed by atoms with Crippen molar-refractivity contribution in [2.75, 3.05) is 0 Å². The molecule has 1 heterocycles. The Morgan fingerprint density at radius 3 is 2.15 bits per heavy atom. The van der Waals surface area contributed by atoms with Crippen LogP contribution in [0.4, 0.5) is 0 Å². The Kier molecular flexibility index (Phi) is 7.28. The average Bonchev–Trinajstić information content (AvgIpc) is 2.84. The highest BCUT2D eigenvalue weighted by molar-refractivity contribution is 6.31. The maximum absolute atomic E-state index is 13.0. The number of nitrogens with zero attached hydrogens (tertiary/aromatic N) is 2. The minimum Gasteiger partial charge on any atom is -0.352 e. The van der Waals surface area contributed by atoms with E-state index in [-0.39, 0.29) is 25.0 Å². The molecule has 1 atom stereocenters. The fourth-order valence-corrected chi connectivity index (χ4v) is 4.20. The van der Waals surface area contributed by atoms with E-state index < -0.39 is 11.1 Å². The summed E-state index contributed by atoms with van der Waals surface area (Å²) in [5.41, 5.74) is 1.65. The predicted octanol–water partition coefficient (Wildman–Crippen LogP) is 4.00. The van der Waals surface area contributed by atoms with Gasteiger partial charge in [-0.3, -0.25) is 23.5 Å². The van der Waals surface area contributed by atoms with Gasteiger partial charge in [-0.05, 0) is 49.1 Å². The maximum atomic E-state index is 13.0. The second-order valence-electron chi connectivity index (χ2n) is 8.39. The van der Waals surface area contributed by atoms with Gasteiger partial charge < -0.3 is 5.32 Å². The molecule has 7 heteroatoms. The zero-order chi connectivity index (χ0) is 24.1. The molecule has 0 aliphatic carbocycles. The number of aryl methyl sites for hydroxylation is 1. The predicted molar refractivity (Wildman–Crippen MR) is 135 cm³/mol. The van der Waals surface area contributed by atoms with Crippen molar-refractivity contribution in [3.8, 4) is 0 Å². The van der Waals surface area contributed by atoms with Crippen LogP contribution in [0.25, 0.3) is 11.0 Å². The van der Waals surface area contributed by atoms with Gasteiger partial charge in [0.2, 0.25) is 5.91 Å². The van der Waals surface area contributed by atoms with Gasteiger partial charge in [0, 0.05) is 11.1 Å². The van der Waals surface area contributed by atoms with E-state index in [2.05, 4.69) is 17.4 Å². The first-order valence-corrected chi connectivity index (χ1v) is 11.6. The third kappa shape index (κ3) is 5.46. The molecule has 1 unspecified atom stereocenters. The molecule has 0 saturated heterocycles. The lowest BCUT2D eigenvalue weighted by molar-refractivity contribution is -0.122. The van der Waals surface area contributed by atoms with Gasteiger partial charge in [0.1, 0.15) is 6.54 Å². The summed E-state index contributed by atoms with van der Waals surface area (Å²) in [5, 5.41) is 3.36. The summed E-state index contributed by atoms with van der Waals surface area (Å²) in [7, 11) is 0. The van der Waals surface area contributed by atoms with E-state index in [4.69, 9.17) is 11.6 Å². The minimum atomic E-state index is -0.752. The fourth-order valence-electron chi connectivity index (χ4n) is 4.03. The van der Waals surface area contributed by atoms with Gasteiger partial charge in [-0.2, -0.15) is 0 Å². The van der Waals surface area contributed by atoms with Crippen molar-refractivity contribution in [1.82, 2.24) is 14.5 Å². The summed E-state index contributed by atoms with van der Waals surface area (Å²) in [6.07, 6.45) is 1.59. The summed E-state index contributed by atoms with van der Waals surface area (Å²) in [6.45, 7) is 1.92. The molecule has 0 spiro atoms. The molecule has 0 aliphatic rings. The number of hydrogen-bond acceptors (Lipinski definition) is 3. The Hall–Kier alpha value is -3.64. The highest BCUT2D eigenvalue weighted by Gasteiger charge is 2.17. The first-order chi connectivity index (χ1) is 16.4. The van der Waals surface area contributed by atoms with Crippen LogP contribution in [-0.2, 0) is 24.3 Å². The van der Waals surface area contributed by atoms with E-state index in [0.29, 0.717) is 16.1 Å². The number of fused-ring (bicyclic) bond motifs is 1. The highest BCUT2D eigenvalue weighted by atomic mass is 35.5. The number of halogens is 1. The number of amides is 1. The largest absolute Gasteiger partial charge is 0.352 e. The third-order valence-electron chi connectivity index (χ3n) is 5.79. The number of nitrogens with one attached hydrogen (secondary N) is 1. The third-order valence-corrected chi connectivity index (χ3v) is 6.03. The monoisotopic (exact) mass is 475 g/mol. The Morgan fingerprint density at radius 1 is 0.853 bits per heavy atom. The van der Waals surface area contributed by atoms with Gasteiger partial charge in [0.05, 0.1) is 17.6 Å². The zero-order valence-corrected chi connectivity index (χ0v) is 19.7. The van der Waals surface area contributed by atoms with Gasteiger partial charge in [0.15, 0.2) is 0 Å². The van der Waals surface area contributed by atoms with E-state index in [9.17, 15) is 14.4 Å². The van der Waals surface area contributed by atoms with Crippen LogP contribution in [0.1, 0.15) is 24.5 Å². The molecule has 4 rings (SSSR count). The normalized spacial score (nSPS) is 11.9. The van der Waals surface area contributed by atoms with E-state index in [1.54, 1.807) is 18.2 Å². The van der Waals surface area contributed by atoms with E-state index in [0.717, 1.165) is 18.4 Å². The van der Waals surface area contributed by atoms with Gasteiger partial charge in [0.25, 0.3) is 0 Å². The molecular weight excluding hydrogens is 450 g/mol. The molecule has 34 heavy (non-hydrogen) atoms. The van der Waals surface area contributed by atoms with Crippen LogP contribution in [0.15, 0.2) is 88.5 Å². The number of aromatic nitrogens is 2. The summed E-state index contributed by atoms with van der Waals surface area (Å²) < 4.78 is 2.64. The van der Waals surface area contributed by atoms with Crippen LogP contribution in [-0.4, -0.2) is 21.1 Å². The number of hydrogen-bond donors (Lipinski definition) is 1.